The van der Waals surface area contributed by atoms with Crippen molar-refractivity contribution < 1.29 is 14.6 Å². The van der Waals surface area contributed by atoms with Gasteiger partial charge in [-0.05, 0) is 18.2 Å². The number of benzene rings is 1. The summed E-state index contributed by atoms with van der Waals surface area (Å²) in [6.07, 6.45) is 4.38. The third kappa shape index (κ3) is 2.79. The lowest BCUT2D eigenvalue weighted by atomic mass is 10.2. The van der Waals surface area contributed by atoms with Crippen LogP contribution >= 0.6 is 15.9 Å². The lowest BCUT2D eigenvalue weighted by Gasteiger charge is -2.07. The minimum atomic E-state index is -1.06. The van der Waals surface area contributed by atoms with Crippen LogP contribution in [-0.4, -0.2) is 21.0 Å². The zero-order valence-corrected chi connectivity index (χ0v) is 10.1. The van der Waals surface area contributed by atoms with E-state index in [0.29, 0.717) is 4.47 Å². The van der Waals surface area contributed by atoms with E-state index in [-0.39, 0.29) is 17.2 Å². The molecule has 0 radical (unpaired) electrons. The van der Waals surface area contributed by atoms with Crippen molar-refractivity contribution in [2.24, 2.45) is 0 Å². The molecule has 1 N–H and O–H groups in total. The van der Waals surface area contributed by atoms with Gasteiger partial charge in [0.15, 0.2) is 0 Å². The molecular formula is C11H7BrN2O3. The average molecular weight is 295 g/mol. The Morgan fingerprint density at radius 1 is 1.35 bits per heavy atom. The van der Waals surface area contributed by atoms with Crippen molar-refractivity contribution in [2.45, 2.75) is 0 Å². The van der Waals surface area contributed by atoms with Crippen molar-refractivity contribution >= 4 is 21.9 Å². The smallest absolute Gasteiger partial charge is 0.339 e. The maximum atomic E-state index is 11.0. The van der Waals surface area contributed by atoms with Crippen molar-refractivity contribution in [3.05, 3.63) is 46.8 Å². The maximum absolute atomic E-state index is 11.0. The van der Waals surface area contributed by atoms with Gasteiger partial charge in [0.2, 0.25) is 5.88 Å². The molecule has 2 rings (SSSR count). The summed E-state index contributed by atoms with van der Waals surface area (Å²) in [4.78, 5) is 18.8. The number of nitrogens with zero attached hydrogens (tertiary/aromatic N) is 2. The summed E-state index contributed by atoms with van der Waals surface area (Å²) < 4.78 is 6.02. The van der Waals surface area contributed by atoms with Crippen molar-refractivity contribution in [3.8, 4) is 11.6 Å². The largest absolute Gasteiger partial charge is 0.478 e. The SMILES string of the molecule is O=C(O)c1cc(Br)ccc1Oc1cnccn1. The molecule has 0 saturated carbocycles. The van der Waals surface area contributed by atoms with Gasteiger partial charge in [-0.2, -0.15) is 0 Å². The molecule has 0 atom stereocenters. The second kappa shape index (κ2) is 4.92. The van der Waals surface area contributed by atoms with Crippen LogP contribution in [0.5, 0.6) is 11.6 Å². The Hall–Kier alpha value is -1.95. The highest BCUT2D eigenvalue weighted by Crippen LogP contribution is 2.26. The number of hydrogen-bond acceptors (Lipinski definition) is 4. The van der Waals surface area contributed by atoms with Crippen LogP contribution in [0.2, 0.25) is 0 Å². The van der Waals surface area contributed by atoms with Crippen LogP contribution in [0.3, 0.4) is 0 Å². The summed E-state index contributed by atoms with van der Waals surface area (Å²) in [5.41, 5.74) is 0.0602. The van der Waals surface area contributed by atoms with E-state index in [0.717, 1.165) is 0 Å². The number of carboxylic acids is 1. The molecule has 0 amide bonds. The summed E-state index contributed by atoms with van der Waals surface area (Å²) in [6.45, 7) is 0. The number of rotatable bonds is 3. The molecular weight excluding hydrogens is 288 g/mol. The van der Waals surface area contributed by atoms with E-state index in [4.69, 9.17) is 9.84 Å². The summed E-state index contributed by atoms with van der Waals surface area (Å²) in [5.74, 6) is -0.594. The lowest BCUT2D eigenvalue weighted by Crippen LogP contribution is -2.00. The van der Waals surface area contributed by atoms with Gasteiger partial charge in [0, 0.05) is 16.9 Å². The van der Waals surface area contributed by atoms with Gasteiger partial charge in [0.1, 0.15) is 11.3 Å². The standard InChI is InChI=1S/C11H7BrN2O3/c12-7-1-2-9(8(5-7)11(15)16)17-10-6-13-3-4-14-10/h1-6H,(H,15,16). The highest BCUT2D eigenvalue weighted by atomic mass is 79.9. The van der Waals surface area contributed by atoms with Crippen molar-refractivity contribution in [3.63, 3.8) is 0 Å². The Morgan fingerprint density at radius 3 is 2.82 bits per heavy atom. The topological polar surface area (TPSA) is 72.3 Å². The van der Waals surface area contributed by atoms with Crippen molar-refractivity contribution in [2.75, 3.05) is 0 Å². The van der Waals surface area contributed by atoms with E-state index in [1.807, 2.05) is 0 Å². The number of hydrogen-bond donors (Lipinski definition) is 1. The van der Waals surface area contributed by atoms with E-state index in [2.05, 4.69) is 25.9 Å². The first-order valence-electron chi connectivity index (χ1n) is 4.63. The van der Waals surface area contributed by atoms with Crippen molar-refractivity contribution in [1.29, 1.82) is 0 Å². The third-order valence-electron chi connectivity index (χ3n) is 1.93. The minimum absolute atomic E-state index is 0.0602. The van der Waals surface area contributed by atoms with Gasteiger partial charge in [-0.3, -0.25) is 4.98 Å². The number of halogens is 1. The molecule has 0 aliphatic heterocycles. The van der Waals surface area contributed by atoms with E-state index in [9.17, 15) is 4.79 Å². The Kier molecular flexibility index (Phi) is 3.34. The lowest BCUT2D eigenvalue weighted by molar-refractivity contribution is 0.0694. The molecule has 6 heteroatoms. The molecule has 0 bridgehead atoms. The molecule has 0 saturated heterocycles. The van der Waals surface area contributed by atoms with Gasteiger partial charge in [0.05, 0.1) is 6.20 Å². The number of carbonyl (C=O) groups is 1. The maximum Gasteiger partial charge on any atom is 0.339 e. The number of aromatic carboxylic acids is 1. The minimum Gasteiger partial charge on any atom is -0.478 e. The monoisotopic (exact) mass is 294 g/mol. The van der Waals surface area contributed by atoms with E-state index < -0.39 is 5.97 Å². The quantitative estimate of drug-likeness (QED) is 0.942. The molecule has 0 spiro atoms. The van der Waals surface area contributed by atoms with Crippen LogP contribution in [0.4, 0.5) is 0 Å². The van der Waals surface area contributed by atoms with Gasteiger partial charge in [-0.15, -0.1) is 0 Å². The van der Waals surface area contributed by atoms with Gasteiger partial charge < -0.3 is 9.84 Å². The van der Waals surface area contributed by atoms with Gasteiger partial charge >= 0.3 is 5.97 Å². The van der Waals surface area contributed by atoms with Crippen LogP contribution in [0, 0.1) is 0 Å². The second-order valence-corrected chi connectivity index (χ2v) is 4.01. The molecule has 17 heavy (non-hydrogen) atoms. The van der Waals surface area contributed by atoms with Crippen LogP contribution in [0.1, 0.15) is 10.4 Å². The molecule has 1 heterocycles. The fourth-order valence-corrected chi connectivity index (χ4v) is 1.57. The zero-order valence-electron chi connectivity index (χ0n) is 8.50. The van der Waals surface area contributed by atoms with Gasteiger partial charge in [-0.25, -0.2) is 9.78 Å². The molecule has 0 aliphatic carbocycles. The molecule has 5 nitrogen and oxygen atoms in total. The van der Waals surface area contributed by atoms with Crippen LogP contribution in [0.15, 0.2) is 41.3 Å². The summed E-state index contributed by atoms with van der Waals surface area (Å²) in [7, 11) is 0. The number of carboxylic acid groups (broad SMARTS) is 1. The highest BCUT2D eigenvalue weighted by molar-refractivity contribution is 9.10. The highest BCUT2D eigenvalue weighted by Gasteiger charge is 2.12. The molecule has 86 valence electrons. The van der Waals surface area contributed by atoms with E-state index in [1.165, 1.54) is 24.7 Å². The molecule has 2 aromatic rings. The normalized spacial score (nSPS) is 9.94. The third-order valence-corrected chi connectivity index (χ3v) is 2.42. The predicted octanol–water partition coefficient (Wildman–Crippen LogP) is 2.73. The Labute approximate surface area is 105 Å². The van der Waals surface area contributed by atoms with Crippen LogP contribution < -0.4 is 4.74 Å². The molecule has 1 aromatic carbocycles. The first kappa shape index (κ1) is 11.5. The predicted molar refractivity (Wildman–Crippen MR) is 63.2 cm³/mol. The zero-order chi connectivity index (χ0) is 12.3. The van der Waals surface area contributed by atoms with Gasteiger partial charge in [-0.1, -0.05) is 15.9 Å². The number of aromatic nitrogens is 2. The Balaban J connectivity index is 2.36. The first-order chi connectivity index (χ1) is 8.16. The van der Waals surface area contributed by atoms with Crippen LogP contribution in [0.25, 0.3) is 0 Å². The molecule has 0 unspecified atom stereocenters. The summed E-state index contributed by atoms with van der Waals surface area (Å²) in [6, 6.07) is 4.72. The summed E-state index contributed by atoms with van der Waals surface area (Å²) >= 11 is 3.20. The summed E-state index contributed by atoms with van der Waals surface area (Å²) in [5, 5.41) is 9.03. The molecule has 0 fully saturated rings. The Bertz CT molecular complexity index is 546. The molecule has 1 aromatic heterocycles. The first-order valence-corrected chi connectivity index (χ1v) is 5.43. The fraction of sp³-hybridized carbons (Fsp3) is 0. The molecule has 0 aliphatic rings. The second-order valence-electron chi connectivity index (χ2n) is 3.09. The Morgan fingerprint density at radius 2 is 2.18 bits per heavy atom. The fourth-order valence-electron chi connectivity index (χ4n) is 1.21. The van der Waals surface area contributed by atoms with Gasteiger partial charge in [0.25, 0.3) is 0 Å². The van der Waals surface area contributed by atoms with E-state index >= 15 is 0 Å². The average Bonchev–Trinajstić information content (AvgIpc) is 2.32. The van der Waals surface area contributed by atoms with E-state index in [1.54, 1.807) is 12.1 Å². The van der Waals surface area contributed by atoms with Crippen molar-refractivity contribution in [1.82, 2.24) is 9.97 Å². The number of ether oxygens (including phenoxy) is 1. The van der Waals surface area contributed by atoms with Crippen LogP contribution in [-0.2, 0) is 0 Å².